The number of nitrogens with two attached hydrogens (primary N) is 1. The smallest absolute Gasteiger partial charge is 0.260 e. The Morgan fingerprint density at radius 3 is 2.56 bits per heavy atom. The average Bonchev–Trinajstić information content (AvgIpc) is 2.63. The summed E-state index contributed by atoms with van der Waals surface area (Å²) in [5.41, 5.74) is 5.57. The van der Waals surface area contributed by atoms with E-state index < -0.39 is 11.5 Å². The third kappa shape index (κ3) is 4.64. The molecule has 5 nitrogen and oxygen atoms in total. The number of hydrogen-bond donors (Lipinski definition) is 2. The molecule has 1 atom stereocenters. The van der Waals surface area contributed by atoms with Crippen LogP contribution in [0.3, 0.4) is 0 Å². The maximum absolute atomic E-state index is 11.6. The first-order valence-corrected chi connectivity index (χ1v) is 9.87. The summed E-state index contributed by atoms with van der Waals surface area (Å²) in [5.74, 6) is 0.514. The van der Waals surface area contributed by atoms with Gasteiger partial charge in [0.25, 0.3) is 11.5 Å². The number of aromatic amines is 1. The van der Waals surface area contributed by atoms with E-state index in [1.54, 1.807) is 12.3 Å². The Morgan fingerprint density at radius 2 is 1.92 bits per heavy atom. The largest absolute Gasteiger partial charge is 0.365 e. The molecule has 1 aromatic heterocycles. The van der Waals surface area contributed by atoms with Gasteiger partial charge < -0.3 is 15.6 Å². The Bertz CT molecular complexity index is 646. The minimum absolute atomic E-state index is 0.0158. The van der Waals surface area contributed by atoms with Crippen molar-refractivity contribution in [2.45, 2.75) is 50.3 Å². The van der Waals surface area contributed by atoms with Gasteiger partial charge >= 0.3 is 0 Å². The zero-order chi connectivity index (χ0) is 17.8. The summed E-state index contributed by atoms with van der Waals surface area (Å²) in [5, 5.41) is -0.202. The number of likely N-dealkylation sites (tertiary alicyclic amines) is 1. The van der Waals surface area contributed by atoms with Crippen molar-refractivity contribution in [3.63, 3.8) is 0 Å². The maximum atomic E-state index is 11.6. The quantitative estimate of drug-likeness (QED) is 0.787. The summed E-state index contributed by atoms with van der Waals surface area (Å²) in [4.78, 5) is 28.2. The Morgan fingerprint density at radius 1 is 1.24 bits per heavy atom. The first-order valence-electron chi connectivity index (χ1n) is 9.43. The van der Waals surface area contributed by atoms with Crippen molar-refractivity contribution in [1.29, 1.82) is 0 Å². The summed E-state index contributed by atoms with van der Waals surface area (Å²) >= 11 is 6.66. The van der Waals surface area contributed by atoms with Gasteiger partial charge in [0, 0.05) is 12.7 Å². The summed E-state index contributed by atoms with van der Waals surface area (Å²) in [7, 11) is 0. The van der Waals surface area contributed by atoms with Crippen molar-refractivity contribution in [3.05, 3.63) is 33.7 Å². The molecule has 1 amide bonds. The van der Waals surface area contributed by atoms with Gasteiger partial charge in [0.15, 0.2) is 0 Å². The van der Waals surface area contributed by atoms with E-state index in [-0.39, 0.29) is 10.9 Å². The van der Waals surface area contributed by atoms with Crippen LogP contribution in [0.15, 0.2) is 17.1 Å². The van der Waals surface area contributed by atoms with E-state index in [0.29, 0.717) is 5.92 Å². The number of hydrogen-bond acceptors (Lipinski definition) is 3. The van der Waals surface area contributed by atoms with Crippen LogP contribution in [-0.4, -0.2) is 35.4 Å². The highest BCUT2D eigenvalue weighted by Crippen LogP contribution is 2.36. The molecule has 0 aromatic carbocycles. The van der Waals surface area contributed by atoms with Gasteiger partial charge in [0.1, 0.15) is 5.56 Å². The molecule has 3 N–H and O–H groups in total. The fourth-order valence-corrected chi connectivity index (χ4v) is 4.66. The van der Waals surface area contributed by atoms with Gasteiger partial charge in [-0.3, -0.25) is 9.59 Å². The highest BCUT2D eigenvalue weighted by molar-refractivity contribution is 6.21. The van der Waals surface area contributed by atoms with Crippen molar-refractivity contribution in [2.24, 2.45) is 17.6 Å². The van der Waals surface area contributed by atoms with Crippen molar-refractivity contribution in [1.82, 2.24) is 9.88 Å². The standard InChI is InChI=1S/C19H28ClN3O2/c20-17(15-10-16(18(21)24)19(25)22-11-15)14-6-8-23(9-7-14)12-13-4-2-1-3-5-13/h10-11,13-14,17H,1-9,12H2,(H2,21,24)(H,22,25). The van der Waals surface area contributed by atoms with E-state index in [9.17, 15) is 9.59 Å². The molecule has 1 unspecified atom stereocenters. The van der Waals surface area contributed by atoms with Gasteiger partial charge in [0.05, 0.1) is 5.38 Å². The molecule has 1 aliphatic carbocycles. The SMILES string of the molecule is NC(=O)c1cc(C(Cl)C2CCN(CC3CCCCC3)CC2)c[nH]c1=O. The second-order valence-electron chi connectivity index (χ2n) is 7.58. The van der Waals surface area contributed by atoms with Crippen LogP contribution in [0.1, 0.15) is 66.2 Å². The van der Waals surface area contributed by atoms with E-state index in [2.05, 4.69) is 9.88 Å². The van der Waals surface area contributed by atoms with Crippen LogP contribution in [0.2, 0.25) is 0 Å². The maximum Gasteiger partial charge on any atom is 0.260 e. The van der Waals surface area contributed by atoms with E-state index >= 15 is 0 Å². The lowest BCUT2D eigenvalue weighted by atomic mass is 9.86. The fraction of sp³-hybridized carbons (Fsp3) is 0.684. The number of alkyl halides is 1. The van der Waals surface area contributed by atoms with Crippen LogP contribution >= 0.6 is 11.6 Å². The van der Waals surface area contributed by atoms with Gasteiger partial charge in [-0.1, -0.05) is 19.3 Å². The lowest BCUT2D eigenvalue weighted by molar-refractivity contribution is 0.0998. The number of nitrogens with zero attached hydrogens (tertiary/aromatic N) is 1. The normalized spacial score (nSPS) is 22.0. The Labute approximate surface area is 153 Å². The molecule has 1 aromatic rings. The predicted molar refractivity (Wildman–Crippen MR) is 99.9 cm³/mol. The number of aromatic nitrogens is 1. The number of piperidine rings is 1. The number of halogens is 1. The molecule has 1 aliphatic heterocycles. The number of primary amides is 1. The molecule has 1 saturated heterocycles. The molecule has 2 aliphatic rings. The Hall–Kier alpha value is -1.33. The number of carbonyl (C=O) groups excluding carboxylic acids is 1. The van der Waals surface area contributed by atoms with Crippen LogP contribution in [0, 0.1) is 11.8 Å². The molecule has 0 bridgehead atoms. The van der Waals surface area contributed by atoms with Gasteiger partial charge in [-0.25, -0.2) is 0 Å². The minimum atomic E-state index is -0.714. The molecule has 25 heavy (non-hydrogen) atoms. The molecule has 3 rings (SSSR count). The Balaban J connectivity index is 1.56. The van der Waals surface area contributed by atoms with Crippen LogP contribution in [0.4, 0.5) is 0 Å². The van der Waals surface area contributed by atoms with Crippen LogP contribution in [0.25, 0.3) is 0 Å². The summed E-state index contributed by atoms with van der Waals surface area (Å²) < 4.78 is 0. The van der Waals surface area contributed by atoms with Crippen LogP contribution in [-0.2, 0) is 0 Å². The second kappa shape index (κ2) is 8.37. The minimum Gasteiger partial charge on any atom is -0.365 e. The van der Waals surface area contributed by atoms with Gasteiger partial charge in [-0.15, -0.1) is 11.6 Å². The molecular weight excluding hydrogens is 338 g/mol. The topological polar surface area (TPSA) is 79.2 Å². The van der Waals surface area contributed by atoms with Crippen molar-refractivity contribution >= 4 is 17.5 Å². The molecule has 0 spiro atoms. The first-order chi connectivity index (χ1) is 12.0. The van der Waals surface area contributed by atoms with Crippen LogP contribution < -0.4 is 11.3 Å². The van der Waals surface area contributed by atoms with Crippen molar-refractivity contribution in [3.8, 4) is 0 Å². The van der Waals surface area contributed by atoms with Crippen molar-refractivity contribution < 1.29 is 4.79 Å². The third-order valence-electron chi connectivity index (χ3n) is 5.80. The highest BCUT2D eigenvalue weighted by Gasteiger charge is 2.28. The third-order valence-corrected chi connectivity index (χ3v) is 6.41. The second-order valence-corrected chi connectivity index (χ2v) is 8.05. The first kappa shape index (κ1) is 18.5. The molecule has 0 radical (unpaired) electrons. The summed E-state index contributed by atoms with van der Waals surface area (Å²) in [6.07, 6.45) is 10.6. The number of carbonyl (C=O) groups is 1. The van der Waals surface area contributed by atoms with E-state index in [1.165, 1.54) is 38.6 Å². The lowest BCUT2D eigenvalue weighted by Crippen LogP contribution is -2.38. The number of nitrogens with one attached hydrogen (secondary N) is 1. The van der Waals surface area contributed by atoms with Crippen LogP contribution in [0.5, 0.6) is 0 Å². The van der Waals surface area contributed by atoms with Gasteiger partial charge in [-0.05, 0) is 62.2 Å². The average molecular weight is 366 g/mol. The monoisotopic (exact) mass is 365 g/mol. The molecule has 1 saturated carbocycles. The number of rotatable bonds is 5. The molecule has 2 fully saturated rings. The summed E-state index contributed by atoms with van der Waals surface area (Å²) in [6, 6.07) is 1.55. The number of H-pyrrole nitrogens is 1. The Kier molecular flexibility index (Phi) is 6.18. The molecule has 2 heterocycles. The lowest BCUT2D eigenvalue weighted by Gasteiger charge is -2.36. The van der Waals surface area contributed by atoms with E-state index in [1.807, 2.05) is 0 Å². The molecular formula is C19H28ClN3O2. The van der Waals surface area contributed by atoms with Gasteiger partial charge in [-0.2, -0.15) is 0 Å². The van der Waals surface area contributed by atoms with E-state index in [0.717, 1.165) is 37.4 Å². The summed E-state index contributed by atoms with van der Waals surface area (Å²) in [6.45, 7) is 3.39. The van der Waals surface area contributed by atoms with E-state index in [4.69, 9.17) is 17.3 Å². The van der Waals surface area contributed by atoms with Gasteiger partial charge in [0.2, 0.25) is 0 Å². The zero-order valence-electron chi connectivity index (χ0n) is 14.7. The fourth-order valence-electron chi connectivity index (χ4n) is 4.28. The number of amides is 1. The molecule has 138 valence electrons. The highest BCUT2D eigenvalue weighted by atomic mass is 35.5. The van der Waals surface area contributed by atoms with Crippen molar-refractivity contribution in [2.75, 3.05) is 19.6 Å². The number of pyridine rings is 1. The molecule has 6 heteroatoms. The zero-order valence-corrected chi connectivity index (χ0v) is 15.4. The predicted octanol–water partition coefficient (Wildman–Crippen LogP) is 3.05.